The number of nitrogens with zero attached hydrogens (tertiary/aromatic N) is 4. The maximum Gasteiger partial charge on any atom is 0.276 e. The van der Waals surface area contributed by atoms with Crippen LogP contribution in [0, 0.1) is 0 Å². The monoisotopic (exact) mass is 367 g/mol. The zero-order valence-electron chi connectivity index (χ0n) is 14.3. The maximum atomic E-state index is 12.2. The average Bonchev–Trinajstić information content (AvgIpc) is 2.69. The van der Waals surface area contributed by atoms with Crippen molar-refractivity contribution in [3.8, 4) is 0 Å². The Morgan fingerprint density at radius 1 is 1.04 bits per heavy atom. The first kappa shape index (κ1) is 17.8. The first-order valence-corrected chi connectivity index (χ1v) is 8.50. The molecule has 7 heteroatoms. The molecule has 2 heterocycles. The lowest BCUT2D eigenvalue weighted by Crippen LogP contribution is -2.22. The topological polar surface area (TPSA) is 71.0 Å². The van der Waals surface area contributed by atoms with Crippen molar-refractivity contribution >= 4 is 29.0 Å². The van der Waals surface area contributed by atoms with Gasteiger partial charge in [0.1, 0.15) is 0 Å². The molecule has 0 saturated heterocycles. The van der Waals surface area contributed by atoms with Crippen LogP contribution in [0.25, 0.3) is 0 Å². The molecule has 0 aliphatic heterocycles. The second kappa shape index (κ2) is 8.40. The van der Waals surface area contributed by atoms with Gasteiger partial charge < -0.3 is 10.2 Å². The van der Waals surface area contributed by atoms with Crippen molar-refractivity contribution < 1.29 is 4.79 Å². The number of rotatable bonds is 6. The van der Waals surface area contributed by atoms with Crippen molar-refractivity contribution in [2.45, 2.75) is 6.42 Å². The average molecular weight is 368 g/mol. The highest BCUT2D eigenvalue weighted by Gasteiger charge is 2.10. The van der Waals surface area contributed by atoms with Crippen LogP contribution in [-0.4, -0.2) is 34.7 Å². The molecule has 0 bridgehead atoms. The molecule has 0 aliphatic rings. The molecule has 0 spiro atoms. The van der Waals surface area contributed by atoms with Gasteiger partial charge in [0.05, 0.1) is 0 Å². The molecule has 1 N–H and O–H groups in total. The fraction of sp³-hybridized carbons (Fsp3) is 0.158. The van der Waals surface area contributed by atoms with Crippen molar-refractivity contribution in [1.29, 1.82) is 0 Å². The van der Waals surface area contributed by atoms with Crippen molar-refractivity contribution in [2.24, 2.45) is 0 Å². The number of carbonyl (C=O) groups is 1. The minimum Gasteiger partial charge on any atom is -0.358 e. The summed E-state index contributed by atoms with van der Waals surface area (Å²) >= 11 is 5.83. The fourth-order valence-corrected chi connectivity index (χ4v) is 2.47. The Morgan fingerprint density at radius 3 is 2.42 bits per heavy atom. The van der Waals surface area contributed by atoms with E-state index in [1.54, 1.807) is 48.8 Å². The Balaban J connectivity index is 1.58. The van der Waals surface area contributed by atoms with Crippen molar-refractivity contribution in [1.82, 2.24) is 15.2 Å². The lowest BCUT2D eigenvalue weighted by molar-refractivity contribution is 0.102. The first-order chi connectivity index (χ1) is 12.6. The summed E-state index contributed by atoms with van der Waals surface area (Å²) in [5.41, 5.74) is 2.12. The Hall–Kier alpha value is -2.99. The molecule has 0 unspecified atom stereocenters. The number of carbonyl (C=O) groups excluding carboxylic acids is 1. The standard InChI is InChI=1S/C19H18ClN5O/c1-25(13-10-14-8-11-21-12-9-14)18-7-6-17(23-24-18)19(26)22-16-4-2-15(20)3-5-16/h2-9,11-12H,10,13H2,1H3,(H,22,26). The van der Waals surface area contributed by atoms with E-state index in [1.165, 1.54) is 5.56 Å². The second-order valence-corrected chi connectivity index (χ2v) is 6.20. The molecule has 3 rings (SSSR count). The number of hydrogen-bond acceptors (Lipinski definition) is 5. The smallest absolute Gasteiger partial charge is 0.276 e. The number of likely N-dealkylation sites (N-methyl/N-ethyl adjacent to an activating group) is 1. The Kier molecular flexibility index (Phi) is 5.76. The number of pyridine rings is 1. The number of amides is 1. The number of nitrogens with one attached hydrogen (secondary N) is 1. The Bertz CT molecular complexity index is 853. The quantitative estimate of drug-likeness (QED) is 0.722. The SMILES string of the molecule is CN(CCc1ccncc1)c1ccc(C(=O)Nc2ccc(Cl)cc2)nn1. The molecule has 0 aliphatic carbocycles. The van der Waals surface area contributed by atoms with E-state index in [-0.39, 0.29) is 11.6 Å². The van der Waals surface area contributed by atoms with Gasteiger partial charge in [-0.3, -0.25) is 9.78 Å². The van der Waals surface area contributed by atoms with Crippen LogP contribution in [0.1, 0.15) is 16.1 Å². The third kappa shape index (κ3) is 4.77. The molecule has 1 aromatic carbocycles. The highest BCUT2D eigenvalue weighted by molar-refractivity contribution is 6.30. The molecule has 0 saturated carbocycles. The van der Waals surface area contributed by atoms with Gasteiger partial charge in [-0.25, -0.2) is 0 Å². The largest absolute Gasteiger partial charge is 0.358 e. The lowest BCUT2D eigenvalue weighted by Gasteiger charge is -2.17. The normalized spacial score (nSPS) is 10.4. The van der Waals surface area contributed by atoms with E-state index >= 15 is 0 Å². The maximum absolute atomic E-state index is 12.2. The predicted octanol–water partition coefficient (Wildman–Crippen LogP) is 3.46. The van der Waals surface area contributed by atoms with Crippen LogP contribution in [0.4, 0.5) is 11.5 Å². The molecule has 3 aromatic rings. The summed E-state index contributed by atoms with van der Waals surface area (Å²) in [5, 5.41) is 11.6. The number of anilines is 2. The highest BCUT2D eigenvalue weighted by Crippen LogP contribution is 2.15. The molecule has 0 fully saturated rings. The van der Waals surface area contributed by atoms with Gasteiger partial charge in [-0.15, -0.1) is 10.2 Å². The number of aromatic nitrogens is 3. The van der Waals surface area contributed by atoms with Gasteiger partial charge in [-0.05, 0) is 60.5 Å². The van der Waals surface area contributed by atoms with E-state index in [2.05, 4.69) is 20.5 Å². The molecule has 132 valence electrons. The van der Waals surface area contributed by atoms with Crippen LogP contribution in [0.2, 0.25) is 5.02 Å². The van der Waals surface area contributed by atoms with Gasteiger partial charge in [0.15, 0.2) is 11.5 Å². The predicted molar refractivity (Wildman–Crippen MR) is 103 cm³/mol. The van der Waals surface area contributed by atoms with Crippen molar-refractivity contribution in [3.05, 3.63) is 77.2 Å². The summed E-state index contributed by atoms with van der Waals surface area (Å²) in [6.07, 6.45) is 4.44. The lowest BCUT2D eigenvalue weighted by atomic mass is 10.2. The third-order valence-corrected chi connectivity index (χ3v) is 4.11. The van der Waals surface area contributed by atoms with Crippen LogP contribution in [0.3, 0.4) is 0 Å². The van der Waals surface area contributed by atoms with Crippen molar-refractivity contribution in [3.63, 3.8) is 0 Å². The van der Waals surface area contributed by atoms with Crippen LogP contribution in [-0.2, 0) is 6.42 Å². The highest BCUT2D eigenvalue weighted by atomic mass is 35.5. The summed E-state index contributed by atoms with van der Waals surface area (Å²) in [4.78, 5) is 18.2. The second-order valence-electron chi connectivity index (χ2n) is 5.76. The van der Waals surface area contributed by atoms with Crippen LogP contribution < -0.4 is 10.2 Å². The molecule has 0 atom stereocenters. The molecular formula is C19H18ClN5O. The number of benzene rings is 1. The van der Waals surface area contributed by atoms with E-state index in [4.69, 9.17) is 11.6 Å². The summed E-state index contributed by atoms with van der Waals surface area (Å²) in [7, 11) is 1.94. The van der Waals surface area contributed by atoms with E-state index in [1.807, 2.05) is 24.1 Å². The molecule has 26 heavy (non-hydrogen) atoms. The fourth-order valence-electron chi connectivity index (χ4n) is 2.34. The van der Waals surface area contributed by atoms with Gasteiger partial charge in [-0.2, -0.15) is 0 Å². The zero-order chi connectivity index (χ0) is 18.4. The van der Waals surface area contributed by atoms with Gasteiger partial charge in [0.25, 0.3) is 5.91 Å². The van der Waals surface area contributed by atoms with Crippen LogP contribution in [0.5, 0.6) is 0 Å². The Labute approximate surface area is 156 Å². The van der Waals surface area contributed by atoms with Crippen LogP contribution >= 0.6 is 11.6 Å². The summed E-state index contributed by atoms with van der Waals surface area (Å²) in [5.74, 6) is 0.396. The molecule has 2 aromatic heterocycles. The zero-order valence-corrected chi connectivity index (χ0v) is 15.0. The summed E-state index contributed by atoms with van der Waals surface area (Å²) in [6.45, 7) is 0.787. The van der Waals surface area contributed by atoms with Gasteiger partial charge in [0, 0.05) is 36.7 Å². The number of hydrogen-bond donors (Lipinski definition) is 1. The summed E-state index contributed by atoms with van der Waals surface area (Å²) < 4.78 is 0. The van der Waals surface area contributed by atoms with Gasteiger partial charge in [0.2, 0.25) is 0 Å². The molecule has 6 nitrogen and oxygen atoms in total. The van der Waals surface area contributed by atoms with E-state index in [0.717, 1.165) is 13.0 Å². The molecule has 0 radical (unpaired) electrons. The minimum atomic E-state index is -0.314. The molecular weight excluding hydrogens is 350 g/mol. The Morgan fingerprint density at radius 2 is 1.77 bits per heavy atom. The van der Waals surface area contributed by atoms with E-state index < -0.39 is 0 Å². The van der Waals surface area contributed by atoms with Gasteiger partial charge >= 0.3 is 0 Å². The van der Waals surface area contributed by atoms with Crippen molar-refractivity contribution in [2.75, 3.05) is 23.8 Å². The van der Waals surface area contributed by atoms with E-state index in [9.17, 15) is 4.79 Å². The third-order valence-electron chi connectivity index (χ3n) is 3.86. The number of halogens is 1. The van der Waals surface area contributed by atoms with E-state index in [0.29, 0.717) is 16.5 Å². The summed E-state index contributed by atoms with van der Waals surface area (Å²) in [6, 6.07) is 14.3. The van der Waals surface area contributed by atoms with Gasteiger partial charge in [-0.1, -0.05) is 11.6 Å². The van der Waals surface area contributed by atoms with Crippen LogP contribution in [0.15, 0.2) is 60.9 Å². The molecule has 1 amide bonds. The first-order valence-electron chi connectivity index (χ1n) is 8.12. The minimum absolute atomic E-state index is 0.256.